The van der Waals surface area contributed by atoms with Crippen LogP contribution < -0.4 is 14.4 Å². The van der Waals surface area contributed by atoms with Gasteiger partial charge in [-0.25, -0.2) is 9.59 Å². The summed E-state index contributed by atoms with van der Waals surface area (Å²) in [6.45, 7) is 3.99. The number of halogens is 6. The Morgan fingerprint density at radius 3 is 2.09 bits per heavy atom. The Kier molecular flexibility index (Phi) is 12.6. The highest BCUT2D eigenvalue weighted by atomic mass is 19.4. The van der Waals surface area contributed by atoms with Crippen molar-refractivity contribution in [1.82, 2.24) is 9.80 Å². The minimum Gasteiger partial charge on any atom is -0.493 e. The first kappa shape index (κ1) is 37.6. The first-order valence-electron chi connectivity index (χ1n) is 15.1. The van der Waals surface area contributed by atoms with E-state index in [2.05, 4.69) is 4.90 Å². The molecule has 0 spiro atoms. The second-order valence-electron chi connectivity index (χ2n) is 11.5. The van der Waals surface area contributed by atoms with Crippen LogP contribution in [0.1, 0.15) is 67.8 Å². The van der Waals surface area contributed by atoms with E-state index in [1.165, 1.54) is 12.0 Å². The lowest BCUT2D eigenvalue weighted by Crippen LogP contribution is -2.47. The van der Waals surface area contributed by atoms with E-state index in [4.69, 9.17) is 18.9 Å². The maximum Gasteiger partial charge on any atom is 0.416 e. The molecule has 0 aromatic heterocycles. The number of rotatable bonds is 12. The number of methoxy groups -OCH3 is 2. The summed E-state index contributed by atoms with van der Waals surface area (Å²) >= 11 is 0. The molecule has 9 nitrogen and oxygen atoms in total. The van der Waals surface area contributed by atoms with Crippen molar-refractivity contribution in [2.75, 3.05) is 53.0 Å². The molecule has 0 saturated heterocycles. The zero-order chi connectivity index (χ0) is 35.1. The summed E-state index contributed by atoms with van der Waals surface area (Å²) in [5, 5.41) is 0. The van der Waals surface area contributed by atoms with E-state index in [0.717, 1.165) is 37.8 Å². The first-order valence-corrected chi connectivity index (χ1v) is 15.1. The number of nitrogens with zero attached hydrogens (tertiary/aromatic N) is 3. The fourth-order valence-corrected chi connectivity index (χ4v) is 5.49. The van der Waals surface area contributed by atoms with Gasteiger partial charge in [0.05, 0.1) is 50.3 Å². The number of carbonyl (C=O) groups excluding carboxylic acids is 2. The summed E-state index contributed by atoms with van der Waals surface area (Å²) in [6, 6.07) is 2.68. The molecule has 0 N–H and O–H groups in total. The predicted molar refractivity (Wildman–Crippen MR) is 162 cm³/mol. The van der Waals surface area contributed by atoms with Crippen LogP contribution in [0, 0.1) is 0 Å². The van der Waals surface area contributed by atoms with E-state index >= 15 is 0 Å². The lowest BCUT2D eigenvalue weighted by molar-refractivity contribution is -0.143. The Morgan fingerprint density at radius 1 is 0.915 bits per heavy atom. The second kappa shape index (κ2) is 15.8. The van der Waals surface area contributed by atoms with Crippen molar-refractivity contribution >= 4 is 17.9 Å². The van der Waals surface area contributed by atoms with E-state index in [9.17, 15) is 35.9 Å². The van der Waals surface area contributed by atoms with E-state index in [-0.39, 0.29) is 30.5 Å². The van der Waals surface area contributed by atoms with Crippen molar-refractivity contribution in [3.8, 4) is 11.5 Å². The number of alkyl halides is 6. The molecule has 0 saturated carbocycles. The van der Waals surface area contributed by atoms with Crippen LogP contribution in [0.5, 0.6) is 11.5 Å². The molecule has 2 unspecified atom stereocenters. The molecule has 3 rings (SSSR count). The summed E-state index contributed by atoms with van der Waals surface area (Å²) in [4.78, 5) is 30.8. The average Bonchev–Trinajstić information content (AvgIpc) is 2.99. The van der Waals surface area contributed by atoms with Gasteiger partial charge in [-0.2, -0.15) is 26.3 Å². The Hall–Kier alpha value is -3.88. The van der Waals surface area contributed by atoms with Crippen molar-refractivity contribution in [1.29, 1.82) is 0 Å². The normalized spacial score (nSPS) is 16.5. The molecule has 1 aliphatic rings. The molecule has 2 amide bonds. The molecular weight excluding hydrogens is 636 g/mol. The van der Waals surface area contributed by atoms with E-state index in [0.29, 0.717) is 30.1 Å². The number of benzene rings is 2. The molecular formula is C32H41F6N3O6. The van der Waals surface area contributed by atoms with Crippen LogP contribution in [-0.2, 0) is 28.4 Å². The van der Waals surface area contributed by atoms with Gasteiger partial charge in [-0.3, -0.25) is 9.80 Å². The maximum atomic E-state index is 13.6. The lowest BCUT2D eigenvalue weighted by Gasteiger charge is -2.42. The molecule has 0 fully saturated rings. The molecule has 2 aromatic carbocycles. The van der Waals surface area contributed by atoms with Crippen LogP contribution >= 0.6 is 0 Å². The van der Waals surface area contributed by atoms with Gasteiger partial charge in [-0.05, 0) is 90.0 Å². The van der Waals surface area contributed by atoms with Gasteiger partial charge in [0, 0.05) is 24.2 Å². The van der Waals surface area contributed by atoms with Gasteiger partial charge in [0.2, 0.25) is 0 Å². The van der Waals surface area contributed by atoms with Gasteiger partial charge >= 0.3 is 24.5 Å². The summed E-state index contributed by atoms with van der Waals surface area (Å²) in [7, 11) is 6.42. The molecule has 1 heterocycles. The smallest absolute Gasteiger partial charge is 0.416 e. The highest BCUT2D eigenvalue weighted by Crippen LogP contribution is 2.47. The van der Waals surface area contributed by atoms with Crippen LogP contribution in [0.15, 0.2) is 30.3 Å². The third-order valence-electron chi connectivity index (χ3n) is 7.69. The van der Waals surface area contributed by atoms with Crippen molar-refractivity contribution in [3.05, 3.63) is 52.6 Å². The Balaban J connectivity index is 2.10. The minimum absolute atomic E-state index is 0.0236. The van der Waals surface area contributed by atoms with Gasteiger partial charge in [0.25, 0.3) is 0 Å². The number of carbonyl (C=O) groups is 2. The van der Waals surface area contributed by atoms with Crippen molar-refractivity contribution in [3.63, 3.8) is 0 Å². The van der Waals surface area contributed by atoms with Gasteiger partial charge in [-0.15, -0.1) is 0 Å². The molecule has 15 heteroatoms. The van der Waals surface area contributed by atoms with Crippen molar-refractivity contribution < 1.29 is 54.9 Å². The van der Waals surface area contributed by atoms with E-state index in [1.807, 2.05) is 14.1 Å². The number of ether oxygens (including phenoxy) is 4. The van der Waals surface area contributed by atoms with E-state index < -0.39 is 59.9 Å². The van der Waals surface area contributed by atoms with Crippen LogP contribution in [0.4, 0.5) is 41.6 Å². The standard InChI is InChI=1S/C32H41F6N3O6/c1-7-46-30(43)41-20(2)13-25(24-17-27(44-5)28(18-26(24)41)47-12-10-8-9-11-39(3)4)40(29(42)45-6)19-21-14-22(31(33,34)35)16-23(15-21)32(36,37)38/h14-18,20,25H,7-13,19H2,1-6H3. The number of anilines is 1. The Bertz CT molecular complexity index is 1350. The Labute approximate surface area is 270 Å². The molecule has 262 valence electrons. The largest absolute Gasteiger partial charge is 0.493 e. The SMILES string of the molecule is CCOC(=O)N1c2cc(OCCCCCN(C)C)c(OC)cc2C(N(Cc2cc(C(F)(F)F)cc(C(F)(F)F)c2)C(=O)OC)CC1C. The summed E-state index contributed by atoms with van der Waals surface area (Å²) in [6.07, 6.45) is -9.18. The number of fused-ring (bicyclic) bond motifs is 1. The Morgan fingerprint density at radius 2 is 1.55 bits per heavy atom. The van der Waals surface area contributed by atoms with Gasteiger partial charge < -0.3 is 23.8 Å². The molecule has 0 bridgehead atoms. The molecule has 0 aliphatic carbocycles. The van der Waals surface area contributed by atoms with Crippen molar-refractivity contribution in [2.24, 2.45) is 0 Å². The molecule has 2 atom stereocenters. The van der Waals surface area contributed by atoms with Crippen LogP contribution in [0.3, 0.4) is 0 Å². The van der Waals surface area contributed by atoms with Gasteiger partial charge in [-0.1, -0.05) is 0 Å². The number of hydrogen-bond donors (Lipinski definition) is 0. The quantitative estimate of drug-likeness (QED) is 0.167. The number of unbranched alkanes of at least 4 members (excludes halogenated alkanes) is 2. The highest BCUT2D eigenvalue weighted by Gasteiger charge is 2.42. The lowest BCUT2D eigenvalue weighted by atomic mass is 9.90. The van der Waals surface area contributed by atoms with E-state index in [1.54, 1.807) is 26.0 Å². The zero-order valence-electron chi connectivity index (χ0n) is 27.3. The van der Waals surface area contributed by atoms with Crippen molar-refractivity contribution in [2.45, 2.75) is 70.5 Å². The zero-order valence-corrected chi connectivity index (χ0v) is 27.3. The topological polar surface area (TPSA) is 80.8 Å². The van der Waals surface area contributed by atoms with Gasteiger partial charge in [0.15, 0.2) is 11.5 Å². The third-order valence-corrected chi connectivity index (χ3v) is 7.69. The average molecular weight is 678 g/mol. The molecule has 1 aliphatic heterocycles. The number of hydrogen-bond acceptors (Lipinski definition) is 7. The summed E-state index contributed by atoms with van der Waals surface area (Å²) in [5.74, 6) is 0.557. The second-order valence-corrected chi connectivity index (χ2v) is 11.5. The predicted octanol–water partition coefficient (Wildman–Crippen LogP) is 7.91. The molecule has 0 radical (unpaired) electrons. The van der Waals surface area contributed by atoms with Crippen LogP contribution in [0.2, 0.25) is 0 Å². The monoisotopic (exact) mass is 677 g/mol. The van der Waals surface area contributed by atoms with Gasteiger partial charge in [0.1, 0.15) is 0 Å². The fourth-order valence-electron chi connectivity index (χ4n) is 5.49. The third kappa shape index (κ3) is 9.58. The number of amides is 2. The van der Waals surface area contributed by atoms with Crippen LogP contribution in [0.25, 0.3) is 0 Å². The summed E-state index contributed by atoms with van der Waals surface area (Å²) in [5.41, 5.74) is -2.82. The molecule has 47 heavy (non-hydrogen) atoms. The fraction of sp³-hybridized carbons (Fsp3) is 0.562. The first-order chi connectivity index (χ1) is 22.0. The molecule has 2 aromatic rings. The maximum absolute atomic E-state index is 13.6. The minimum atomic E-state index is -5.08. The van der Waals surface area contributed by atoms with Crippen LogP contribution in [-0.4, -0.2) is 76.1 Å². The summed E-state index contributed by atoms with van der Waals surface area (Å²) < 4.78 is 104. The highest BCUT2D eigenvalue weighted by molar-refractivity contribution is 5.91.